The number of nitrogens with one attached hydrogen (secondary N) is 1. The number of sulfonamides is 1. The minimum Gasteiger partial charge on any atom is -0.495 e. The lowest BCUT2D eigenvalue weighted by molar-refractivity contribution is -0.159. The number of carbonyl (C=O) groups is 1. The molecular weight excluding hydrogens is 441 g/mol. The first kappa shape index (κ1) is 22.3. The minimum atomic E-state index is -4.29. The highest BCUT2D eigenvalue weighted by Gasteiger charge is 2.37. The molecule has 0 unspecified atom stereocenters. The van der Waals surface area contributed by atoms with Crippen LogP contribution < -0.4 is 9.46 Å². The number of hydrogen-bond acceptors (Lipinski definition) is 6. The van der Waals surface area contributed by atoms with Crippen LogP contribution in [-0.4, -0.2) is 45.6 Å². The standard InChI is InChI=1S/C22H22FNO7S/c1-29-19-13-16(21(25)26)2-4-18(19)24-32(27,28)20-5-3-15(12-17(20)23)14-6-8-22(9-7-14)30-10-11-31-22/h2-6,12-13,24H,7-11H2,1H3,(H,25,26). The molecule has 0 saturated carbocycles. The molecule has 4 rings (SSSR count). The average molecular weight is 463 g/mol. The predicted molar refractivity (Wildman–Crippen MR) is 114 cm³/mol. The van der Waals surface area contributed by atoms with Crippen molar-refractivity contribution in [3.63, 3.8) is 0 Å². The Hall–Kier alpha value is -2.95. The van der Waals surface area contributed by atoms with Gasteiger partial charge in [0.25, 0.3) is 10.0 Å². The smallest absolute Gasteiger partial charge is 0.335 e. The van der Waals surface area contributed by atoms with Crippen molar-refractivity contribution in [3.05, 3.63) is 59.4 Å². The van der Waals surface area contributed by atoms with Gasteiger partial charge in [-0.3, -0.25) is 4.72 Å². The molecule has 2 aliphatic rings. The van der Waals surface area contributed by atoms with Gasteiger partial charge in [-0.25, -0.2) is 17.6 Å². The molecule has 8 nitrogen and oxygen atoms in total. The van der Waals surface area contributed by atoms with Gasteiger partial charge in [-0.05, 0) is 47.9 Å². The second-order valence-corrected chi connectivity index (χ2v) is 9.16. The van der Waals surface area contributed by atoms with Gasteiger partial charge >= 0.3 is 5.97 Å². The SMILES string of the molecule is COc1cc(C(=O)O)ccc1NS(=O)(=O)c1ccc(C2=CCC3(CC2)OCCO3)cc1F. The summed E-state index contributed by atoms with van der Waals surface area (Å²) in [6.07, 6.45) is 3.76. The lowest BCUT2D eigenvalue weighted by Gasteiger charge is -2.30. The van der Waals surface area contributed by atoms with Crippen molar-refractivity contribution in [1.82, 2.24) is 0 Å². The fourth-order valence-electron chi connectivity index (χ4n) is 3.86. The van der Waals surface area contributed by atoms with E-state index in [4.69, 9.17) is 19.3 Å². The van der Waals surface area contributed by atoms with E-state index in [9.17, 15) is 17.6 Å². The molecule has 0 bridgehead atoms. The lowest BCUT2D eigenvalue weighted by atomic mass is 9.90. The third-order valence-corrected chi connectivity index (χ3v) is 6.93. The van der Waals surface area contributed by atoms with Crippen molar-refractivity contribution < 1.29 is 36.9 Å². The molecule has 1 aliphatic carbocycles. The molecule has 1 aliphatic heterocycles. The summed E-state index contributed by atoms with van der Waals surface area (Å²) in [6, 6.07) is 7.62. The number of anilines is 1. The van der Waals surface area contributed by atoms with Crippen molar-refractivity contribution in [1.29, 1.82) is 0 Å². The first-order chi connectivity index (χ1) is 15.2. The first-order valence-corrected chi connectivity index (χ1v) is 11.4. The normalized spacial score (nSPS) is 17.8. The van der Waals surface area contributed by atoms with Gasteiger partial charge in [0.1, 0.15) is 16.5 Å². The van der Waals surface area contributed by atoms with Crippen LogP contribution in [0.15, 0.2) is 47.4 Å². The van der Waals surface area contributed by atoms with Crippen molar-refractivity contribution in [2.45, 2.75) is 29.9 Å². The minimum absolute atomic E-state index is 0.00201. The topological polar surface area (TPSA) is 111 Å². The Morgan fingerprint density at radius 2 is 1.94 bits per heavy atom. The van der Waals surface area contributed by atoms with Gasteiger partial charge in [0.2, 0.25) is 0 Å². The Balaban J connectivity index is 1.56. The van der Waals surface area contributed by atoms with Crippen LogP contribution in [0.5, 0.6) is 5.75 Å². The quantitative estimate of drug-likeness (QED) is 0.673. The highest BCUT2D eigenvalue weighted by atomic mass is 32.2. The van der Waals surface area contributed by atoms with E-state index in [1.807, 2.05) is 6.08 Å². The van der Waals surface area contributed by atoms with E-state index in [0.29, 0.717) is 38.0 Å². The van der Waals surface area contributed by atoms with Gasteiger partial charge in [-0.15, -0.1) is 0 Å². The van der Waals surface area contributed by atoms with Crippen LogP contribution in [0.2, 0.25) is 0 Å². The van der Waals surface area contributed by atoms with Gasteiger partial charge in [0.15, 0.2) is 5.79 Å². The number of rotatable bonds is 6. The molecule has 0 atom stereocenters. The zero-order chi connectivity index (χ0) is 22.9. The maximum Gasteiger partial charge on any atom is 0.335 e. The summed E-state index contributed by atoms with van der Waals surface area (Å²) < 4.78 is 59.1. The second kappa shape index (κ2) is 8.53. The summed E-state index contributed by atoms with van der Waals surface area (Å²) in [5, 5.41) is 9.07. The summed E-state index contributed by atoms with van der Waals surface area (Å²) in [5.74, 6) is -2.67. The number of aromatic carboxylic acids is 1. The Morgan fingerprint density at radius 1 is 1.19 bits per heavy atom. The summed E-state index contributed by atoms with van der Waals surface area (Å²) in [4.78, 5) is 10.6. The largest absolute Gasteiger partial charge is 0.495 e. The predicted octanol–water partition coefficient (Wildman–Crippen LogP) is 3.64. The van der Waals surface area contributed by atoms with Gasteiger partial charge in [0.05, 0.1) is 31.6 Å². The maximum atomic E-state index is 14.8. The zero-order valence-corrected chi connectivity index (χ0v) is 18.1. The Bertz CT molecular complexity index is 1190. The van der Waals surface area contributed by atoms with E-state index in [0.717, 1.165) is 5.57 Å². The van der Waals surface area contributed by atoms with E-state index in [-0.39, 0.29) is 17.0 Å². The van der Waals surface area contributed by atoms with Crippen LogP contribution in [-0.2, 0) is 19.5 Å². The lowest BCUT2D eigenvalue weighted by Crippen LogP contribution is -2.31. The van der Waals surface area contributed by atoms with Crippen molar-refractivity contribution in [3.8, 4) is 5.75 Å². The zero-order valence-electron chi connectivity index (χ0n) is 17.3. The van der Waals surface area contributed by atoms with E-state index in [2.05, 4.69) is 4.72 Å². The number of hydrogen-bond donors (Lipinski definition) is 2. The van der Waals surface area contributed by atoms with Gasteiger partial charge in [-0.2, -0.15) is 0 Å². The van der Waals surface area contributed by atoms with Crippen LogP contribution >= 0.6 is 0 Å². The van der Waals surface area contributed by atoms with Crippen LogP contribution in [0.1, 0.15) is 35.2 Å². The molecule has 32 heavy (non-hydrogen) atoms. The van der Waals surface area contributed by atoms with Crippen molar-refractivity contribution >= 4 is 27.3 Å². The summed E-state index contributed by atoms with van der Waals surface area (Å²) in [5.41, 5.74) is 1.42. The molecule has 170 valence electrons. The molecule has 1 heterocycles. The molecule has 0 radical (unpaired) electrons. The van der Waals surface area contributed by atoms with Crippen LogP contribution in [0.3, 0.4) is 0 Å². The highest BCUT2D eigenvalue weighted by Crippen LogP contribution is 2.38. The summed E-state index contributed by atoms with van der Waals surface area (Å²) in [6.45, 7) is 1.11. The van der Waals surface area contributed by atoms with Gasteiger partial charge < -0.3 is 19.3 Å². The fourth-order valence-corrected chi connectivity index (χ4v) is 4.99. The molecule has 1 spiro atoms. The molecule has 2 aromatic rings. The van der Waals surface area contributed by atoms with Crippen molar-refractivity contribution in [2.24, 2.45) is 0 Å². The molecule has 10 heteroatoms. The Morgan fingerprint density at radius 3 is 2.53 bits per heavy atom. The van der Waals surface area contributed by atoms with Crippen LogP contribution in [0.4, 0.5) is 10.1 Å². The third-order valence-electron chi connectivity index (χ3n) is 5.53. The average Bonchev–Trinajstić information content (AvgIpc) is 3.21. The van der Waals surface area contributed by atoms with E-state index in [1.165, 1.54) is 37.4 Å². The molecule has 0 amide bonds. The van der Waals surface area contributed by atoms with Gasteiger partial charge in [-0.1, -0.05) is 12.1 Å². The van der Waals surface area contributed by atoms with Gasteiger partial charge in [0, 0.05) is 12.8 Å². The number of carboxylic acid groups (broad SMARTS) is 1. The maximum absolute atomic E-state index is 14.8. The number of allylic oxidation sites excluding steroid dienone is 1. The van der Waals surface area contributed by atoms with Crippen LogP contribution in [0.25, 0.3) is 5.57 Å². The Kier molecular flexibility index (Phi) is 5.93. The molecule has 1 fully saturated rings. The highest BCUT2D eigenvalue weighted by molar-refractivity contribution is 7.92. The molecule has 2 N–H and O–H groups in total. The molecule has 0 aromatic heterocycles. The van der Waals surface area contributed by atoms with Crippen molar-refractivity contribution in [2.75, 3.05) is 25.0 Å². The van der Waals surface area contributed by atoms with E-state index >= 15 is 0 Å². The summed E-state index contributed by atoms with van der Waals surface area (Å²) in [7, 11) is -3.01. The number of benzene rings is 2. The molecule has 2 aromatic carbocycles. The molecular formula is C22H22FNO7S. The third kappa shape index (κ3) is 4.34. The number of ether oxygens (including phenoxy) is 3. The van der Waals surface area contributed by atoms with Crippen LogP contribution in [0, 0.1) is 5.82 Å². The fraction of sp³-hybridized carbons (Fsp3) is 0.318. The van der Waals surface area contributed by atoms with E-state index < -0.39 is 32.5 Å². The first-order valence-electron chi connectivity index (χ1n) is 9.94. The summed E-state index contributed by atoms with van der Waals surface area (Å²) >= 11 is 0. The number of methoxy groups -OCH3 is 1. The Labute approximate surface area is 184 Å². The second-order valence-electron chi connectivity index (χ2n) is 7.51. The monoisotopic (exact) mass is 463 g/mol. The molecule has 1 saturated heterocycles. The van der Waals surface area contributed by atoms with E-state index in [1.54, 1.807) is 6.07 Å². The number of carboxylic acids is 1. The number of halogens is 1.